The number of rotatable bonds is 5. The van der Waals surface area contributed by atoms with E-state index in [1.54, 1.807) is 6.20 Å². The van der Waals surface area contributed by atoms with Gasteiger partial charge in [0.05, 0.1) is 5.54 Å². The number of carbonyl (C=O) groups excluding carboxylic acids is 1. The summed E-state index contributed by atoms with van der Waals surface area (Å²) >= 11 is 0. The first-order valence-electron chi connectivity index (χ1n) is 11.1. The van der Waals surface area contributed by atoms with E-state index in [9.17, 15) is 9.18 Å². The van der Waals surface area contributed by atoms with E-state index < -0.39 is 5.54 Å². The fourth-order valence-electron chi connectivity index (χ4n) is 5.35. The lowest BCUT2D eigenvalue weighted by molar-refractivity contribution is -0.133. The molecule has 5 nitrogen and oxygen atoms in total. The van der Waals surface area contributed by atoms with Crippen molar-refractivity contribution >= 4 is 5.91 Å². The topological polar surface area (TPSA) is 64.2 Å². The largest absolute Gasteiger partial charge is 0.402 e. The lowest BCUT2D eigenvalue weighted by Crippen LogP contribution is -2.42. The second-order valence-electron chi connectivity index (χ2n) is 8.79. The molecule has 2 N–H and O–H groups in total. The zero-order valence-electron chi connectivity index (χ0n) is 18.0. The summed E-state index contributed by atoms with van der Waals surface area (Å²) in [6, 6.07) is 14.8. The molecule has 2 aromatic carbocycles. The normalized spacial score (nSPS) is 21.8. The Hall–Kier alpha value is -3.41. The minimum atomic E-state index is -0.613. The van der Waals surface area contributed by atoms with Gasteiger partial charge < -0.3 is 15.2 Å². The first-order chi connectivity index (χ1) is 15.5. The Morgan fingerprint density at radius 2 is 2.00 bits per heavy atom. The second-order valence-corrected chi connectivity index (χ2v) is 8.79. The third-order valence-corrected chi connectivity index (χ3v) is 6.99. The Morgan fingerprint density at radius 3 is 2.78 bits per heavy atom. The number of hydrogen-bond acceptors (Lipinski definition) is 3. The number of fused-ring (bicyclic) bond motifs is 3. The summed E-state index contributed by atoms with van der Waals surface area (Å²) in [6.07, 6.45) is 6.58. The lowest BCUT2D eigenvalue weighted by atomic mass is 9.79. The second kappa shape index (κ2) is 7.93. The van der Waals surface area contributed by atoms with Gasteiger partial charge in [-0.1, -0.05) is 43.0 Å². The maximum Gasteiger partial charge on any atom is 0.222 e. The van der Waals surface area contributed by atoms with Crippen molar-refractivity contribution in [2.75, 3.05) is 13.1 Å². The van der Waals surface area contributed by atoms with Gasteiger partial charge in [-0.15, -0.1) is 0 Å². The van der Waals surface area contributed by atoms with Crippen LogP contribution < -0.4 is 5.73 Å². The van der Waals surface area contributed by atoms with Gasteiger partial charge in [0, 0.05) is 49.1 Å². The molecule has 3 heterocycles. The molecular weight excluding hydrogens is 403 g/mol. The molecule has 0 spiro atoms. The van der Waals surface area contributed by atoms with Gasteiger partial charge in [0.25, 0.3) is 0 Å². The molecule has 0 aliphatic carbocycles. The summed E-state index contributed by atoms with van der Waals surface area (Å²) in [7, 11) is 0. The summed E-state index contributed by atoms with van der Waals surface area (Å²) < 4.78 is 15.9. The van der Waals surface area contributed by atoms with Crippen LogP contribution in [0.2, 0.25) is 0 Å². The van der Waals surface area contributed by atoms with Crippen molar-refractivity contribution in [2.45, 2.75) is 31.2 Å². The molecule has 2 unspecified atom stereocenters. The van der Waals surface area contributed by atoms with Crippen molar-refractivity contribution in [3.8, 4) is 11.4 Å². The number of aromatic nitrogens is 2. The third-order valence-electron chi connectivity index (χ3n) is 6.99. The molecule has 164 valence electrons. The maximum absolute atomic E-state index is 13.8. The number of benzene rings is 2. The first-order valence-corrected chi connectivity index (χ1v) is 11.1. The van der Waals surface area contributed by atoms with Gasteiger partial charge in [-0.25, -0.2) is 9.37 Å². The summed E-state index contributed by atoms with van der Waals surface area (Å²) in [5.41, 5.74) is 9.06. The Kier molecular flexibility index (Phi) is 5.08. The zero-order chi connectivity index (χ0) is 22.3. The van der Waals surface area contributed by atoms with Crippen LogP contribution in [-0.4, -0.2) is 33.4 Å². The van der Waals surface area contributed by atoms with Crippen molar-refractivity contribution in [2.24, 2.45) is 11.7 Å². The Morgan fingerprint density at radius 1 is 1.22 bits per heavy atom. The van der Waals surface area contributed by atoms with Crippen LogP contribution in [0, 0.1) is 11.7 Å². The fraction of sp³-hybridized carbons (Fsp3) is 0.308. The standard InChI is InChI=1S/C26H27FN4O/c1-18(28)19-5-4-15-30(17-19)24(32)12-13-26(20-8-10-21(27)11-9-20)23-7-3-2-6-22(23)25-29-14-16-31(25)26/h2-3,6-11,14,16,19H,1,4-5,12-13,15,17,28H2. The highest BCUT2D eigenvalue weighted by Gasteiger charge is 2.45. The van der Waals surface area contributed by atoms with E-state index in [2.05, 4.69) is 28.3 Å². The number of nitrogens with two attached hydrogens (primary N) is 1. The maximum atomic E-state index is 13.8. The van der Waals surface area contributed by atoms with E-state index in [4.69, 9.17) is 5.73 Å². The molecule has 1 fully saturated rings. The zero-order valence-corrected chi connectivity index (χ0v) is 18.0. The Bertz CT molecular complexity index is 1170. The molecule has 0 bridgehead atoms. The number of piperidine rings is 1. The van der Waals surface area contributed by atoms with E-state index in [0.717, 1.165) is 41.9 Å². The molecule has 0 radical (unpaired) electrons. The third kappa shape index (κ3) is 3.22. The van der Waals surface area contributed by atoms with Crippen LogP contribution in [0.3, 0.4) is 0 Å². The van der Waals surface area contributed by atoms with E-state index in [1.165, 1.54) is 12.1 Å². The van der Waals surface area contributed by atoms with Gasteiger partial charge >= 0.3 is 0 Å². The smallest absolute Gasteiger partial charge is 0.222 e. The number of hydrogen-bond donors (Lipinski definition) is 1. The summed E-state index contributed by atoms with van der Waals surface area (Å²) in [5.74, 6) is 0.864. The van der Waals surface area contributed by atoms with Crippen LogP contribution in [0.15, 0.2) is 73.2 Å². The summed E-state index contributed by atoms with van der Waals surface area (Å²) in [4.78, 5) is 19.8. The highest BCUT2D eigenvalue weighted by molar-refractivity contribution is 5.77. The van der Waals surface area contributed by atoms with Crippen molar-refractivity contribution in [1.29, 1.82) is 0 Å². The molecule has 1 amide bonds. The minimum Gasteiger partial charge on any atom is -0.402 e. The number of halogens is 1. The van der Waals surface area contributed by atoms with Crippen LogP contribution >= 0.6 is 0 Å². The van der Waals surface area contributed by atoms with Crippen molar-refractivity contribution < 1.29 is 9.18 Å². The van der Waals surface area contributed by atoms with Crippen LogP contribution in [0.4, 0.5) is 4.39 Å². The monoisotopic (exact) mass is 430 g/mol. The average molecular weight is 431 g/mol. The molecule has 2 aliphatic heterocycles. The van der Waals surface area contributed by atoms with E-state index in [1.807, 2.05) is 35.4 Å². The van der Waals surface area contributed by atoms with Crippen LogP contribution in [0.1, 0.15) is 36.8 Å². The molecular formula is C26H27FN4O. The average Bonchev–Trinajstić information content (AvgIpc) is 3.39. The molecule has 3 aromatic rings. The molecule has 2 aliphatic rings. The van der Waals surface area contributed by atoms with E-state index >= 15 is 0 Å². The van der Waals surface area contributed by atoms with Crippen molar-refractivity contribution in [1.82, 2.24) is 14.5 Å². The van der Waals surface area contributed by atoms with Gasteiger partial charge in [0.1, 0.15) is 11.6 Å². The summed E-state index contributed by atoms with van der Waals surface area (Å²) in [5, 5.41) is 0. The van der Waals surface area contributed by atoms with Gasteiger partial charge in [0.15, 0.2) is 0 Å². The molecule has 1 saturated heterocycles. The molecule has 32 heavy (non-hydrogen) atoms. The number of amides is 1. The molecule has 2 atom stereocenters. The number of imidazole rings is 1. The van der Waals surface area contributed by atoms with Crippen molar-refractivity contribution in [3.63, 3.8) is 0 Å². The predicted molar refractivity (Wildman–Crippen MR) is 122 cm³/mol. The molecule has 6 heteroatoms. The highest BCUT2D eigenvalue weighted by Crippen LogP contribution is 2.49. The Labute approximate surface area is 187 Å². The van der Waals surface area contributed by atoms with Crippen LogP contribution in [0.5, 0.6) is 0 Å². The molecule has 0 saturated carbocycles. The Balaban J connectivity index is 1.51. The van der Waals surface area contributed by atoms with Crippen molar-refractivity contribution in [3.05, 3.63) is 90.1 Å². The number of carbonyl (C=O) groups is 1. The number of likely N-dealkylation sites (tertiary alicyclic amines) is 1. The van der Waals surface area contributed by atoms with Crippen LogP contribution in [-0.2, 0) is 10.3 Å². The van der Waals surface area contributed by atoms with Crippen LogP contribution in [0.25, 0.3) is 11.4 Å². The molecule has 5 rings (SSSR count). The van der Waals surface area contributed by atoms with E-state index in [-0.39, 0.29) is 17.6 Å². The van der Waals surface area contributed by atoms with Gasteiger partial charge in [-0.05, 0) is 42.5 Å². The van der Waals surface area contributed by atoms with Gasteiger partial charge in [-0.2, -0.15) is 0 Å². The SMILES string of the molecule is C=C(N)C1CCCN(C(=O)CCC2(c3ccc(F)cc3)c3ccccc3-c3nccn32)C1. The quantitative estimate of drug-likeness (QED) is 0.657. The predicted octanol–water partition coefficient (Wildman–Crippen LogP) is 4.29. The van der Waals surface area contributed by atoms with Gasteiger partial charge in [0.2, 0.25) is 5.91 Å². The van der Waals surface area contributed by atoms with Gasteiger partial charge in [-0.3, -0.25) is 4.79 Å². The molecule has 1 aromatic heterocycles. The fourth-order valence-corrected chi connectivity index (χ4v) is 5.35. The van der Waals surface area contributed by atoms with E-state index in [0.29, 0.717) is 25.1 Å². The lowest BCUT2D eigenvalue weighted by Gasteiger charge is -2.36. The minimum absolute atomic E-state index is 0.114. The number of nitrogens with zero attached hydrogens (tertiary/aromatic N) is 3. The first kappa shape index (κ1) is 20.5. The summed E-state index contributed by atoms with van der Waals surface area (Å²) in [6.45, 7) is 5.26. The highest BCUT2D eigenvalue weighted by atomic mass is 19.1.